The molecule has 0 heterocycles. The predicted molar refractivity (Wildman–Crippen MR) is 66.3 cm³/mol. The molecule has 0 aliphatic heterocycles. The minimum atomic E-state index is 0.505. The van der Waals surface area contributed by atoms with Crippen molar-refractivity contribution >= 4 is 0 Å². The monoisotopic (exact) mass is 216 g/mol. The van der Waals surface area contributed by atoms with E-state index in [0.29, 0.717) is 12.1 Å². The highest BCUT2D eigenvalue weighted by molar-refractivity contribution is 4.71. The summed E-state index contributed by atoms with van der Waals surface area (Å²) in [6.45, 7) is 13.0. The molecule has 0 aromatic heterocycles. The van der Waals surface area contributed by atoms with E-state index in [1.807, 2.05) is 0 Å². The summed E-state index contributed by atoms with van der Waals surface area (Å²) >= 11 is 0. The first kappa shape index (κ1) is 14.9. The van der Waals surface area contributed by atoms with Gasteiger partial charge in [0.05, 0.1) is 6.61 Å². The molecular formula is C12H28N2O. The van der Waals surface area contributed by atoms with Gasteiger partial charge in [-0.15, -0.1) is 0 Å². The molecule has 92 valence electrons. The second-order valence-corrected chi connectivity index (χ2v) is 4.25. The highest BCUT2D eigenvalue weighted by Gasteiger charge is 2.14. The van der Waals surface area contributed by atoms with Crippen LogP contribution in [-0.4, -0.2) is 50.3 Å². The molecule has 1 N–H and O–H groups in total. The molecule has 0 aromatic rings. The number of methoxy groups -OCH3 is 1. The van der Waals surface area contributed by atoms with Gasteiger partial charge >= 0.3 is 0 Å². The Bertz CT molecular complexity index is 142. The Morgan fingerprint density at radius 2 is 1.93 bits per heavy atom. The molecule has 0 bridgehead atoms. The molecule has 0 aliphatic carbocycles. The molecule has 0 amide bonds. The fourth-order valence-corrected chi connectivity index (χ4v) is 1.77. The molecule has 0 aliphatic rings. The number of ether oxygens (including phenoxy) is 1. The van der Waals surface area contributed by atoms with Crippen LogP contribution in [-0.2, 0) is 4.74 Å². The maximum Gasteiger partial charge on any atom is 0.0615 e. The molecule has 0 aromatic carbocycles. The average molecular weight is 216 g/mol. The Morgan fingerprint density at radius 1 is 1.27 bits per heavy atom. The summed E-state index contributed by atoms with van der Waals surface area (Å²) in [5.41, 5.74) is 0. The van der Waals surface area contributed by atoms with Crippen LogP contribution >= 0.6 is 0 Å². The molecule has 0 radical (unpaired) electrons. The van der Waals surface area contributed by atoms with Crippen molar-refractivity contribution in [3.8, 4) is 0 Å². The highest BCUT2D eigenvalue weighted by atomic mass is 16.5. The molecule has 0 spiro atoms. The van der Waals surface area contributed by atoms with Crippen LogP contribution in [0.3, 0.4) is 0 Å². The third kappa shape index (κ3) is 6.88. The van der Waals surface area contributed by atoms with Crippen LogP contribution in [0, 0.1) is 0 Å². The summed E-state index contributed by atoms with van der Waals surface area (Å²) in [6.07, 6.45) is 1.20. The van der Waals surface area contributed by atoms with E-state index < -0.39 is 0 Å². The summed E-state index contributed by atoms with van der Waals surface area (Å²) in [4.78, 5) is 2.46. The number of hydrogen-bond donors (Lipinski definition) is 1. The van der Waals surface area contributed by atoms with E-state index in [-0.39, 0.29) is 0 Å². The van der Waals surface area contributed by atoms with Crippen LogP contribution in [0.2, 0.25) is 0 Å². The van der Waals surface area contributed by atoms with Gasteiger partial charge in [0.1, 0.15) is 0 Å². The zero-order valence-electron chi connectivity index (χ0n) is 11.0. The quantitative estimate of drug-likeness (QED) is 0.635. The van der Waals surface area contributed by atoms with E-state index in [9.17, 15) is 0 Å². The summed E-state index contributed by atoms with van der Waals surface area (Å²) in [6, 6.07) is 1.06. The van der Waals surface area contributed by atoms with Crippen molar-refractivity contribution in [2.45, 2.75) is 46.2 Å². The Balaban J connectivity index is 3.85. The minimum absolute atomic E-state index is 0.505. The second-order valence-electron chi connectivity index (χ2n) is 4.25. The molecule has 2 unspecified atom stereocenters. The molecule has 0 saturated carbocycles. The lowest BCUT2D eigenvalue weighted by Gasteiger charge is -2.30. The van der Waals surface area contributed by atoms with Gasteiger partial charge in [-0.25, -0.2) is 0 Å². The molecule has 2 atom stereocenters. The van der Waals surface area contributed by atoms with E-state index in [1.165, 1.54) is 6.42 Å². The number of nitrogens with one attached hydrogen (secondary N) is 1. The van der Waals surface area contributed by atoms with Gasteiger partial charge in [0.25, 0.3) is 0 Å². The molecule has 0 saturated heterocycles. The Kier molecular flexibility index (Phi) is 9.06. The molecular weight excluding hydrogens is 188 g/mol. The van der Waals surface area contributed by atoms with Gasteiger partial charge < -0.3 is 10.1 Å². The maximum atomic E-state index is 5.19. The number of rotatable bonds is 9. The summed E-state index contributed by atoms with van der Waals surface area (Å²) in [7, 11) is 1.77. The van der Waals surface area contributed by atoms with Gasteiger partial charge in [-0.2, -0.15) is 0 Å². The normalized spacial score (nSPS) is 15.6. The van der Waals surface area contributed by atoms with Gasteiger partial charge in [0.15, 0.2) is 0 Å². The summed E-state index contributed by atoms with van der Waals surface area (Å²) in [5.74, 6) is 0. The lowest BCUT2D eigenvalue weighted by atomic mass is 10.2. The maximum absolute atomic E-state index is 5.19. The van der Waals surface area contributed by atoms with Crippen molar-refractivity contribution in [2.24, 2.45) is 0 Å². The van der Waals surface area contributed by atoms with Crippen molar-refractivity contribution in [1.82, 2.24) is 10.2 Å². The van der Waals surface area contributed by atoms with Crippen LogP contribution < -0.4 is 5.32 Å². The summed E-state index contributed by atoms with van der Waals surface area (Å²) in [5, 5.41) is 3.51. The van der Waals surface area contributed by atoms with Crippen LogP contribution in [0.1, 0.15) is 34.1 Å². The van der Waals surface area contributed by atoms with Crippen LogP contribution in [0.5, 0.6) is 0 Å². The number of likely N-dealkylation sites (N-methyl/N-ethyl adjacent to an activating group) is 1. The van der Waals surface area contributed by atoms with Gasteiger partial charge in [-0.05, 0) is 33.4 Å². The topological polar surface area (TPSA) is 24.5 Å². The van der Waals surface area contributed by atoms with E-state index >= 15 is 0 Å². The summed E-state index contributed by atoms with van der Waals surface area (Å²) < 4.78 is 5.19. The average Bonchev–Trinajstić information content (AvgIpc) is 2.23. The van der Waals surface area contributed by atoms with E-state index in [0.717, 1.165) is 26.2 Å². The fourth-order valence-electron chi connectivity index (χ4n) is 1.77. The lowest BCUT2D eigenvalue weighted by molar-refractivity contribution is 0.0970. The molecule has 3 heteroatoms. The smallest absolute Gasteiger partial charge is 0.0615 e. The van der Waals surface area contributed by atoms with Crippen molar-refractivity contribution in [3.63, 3.8) is 0 Å². The Morgan fingerprint density at radius 3 is 2.40 bits per heavy atom. The van der Waals surface area contributed by atoms with Crippen LogP contribution in [0.25, 0.3) is 0 Å². The van der Waals surface area contributed by atoms with Gasteiger partial charge in [0, 0.05) is 25.7 Å². The third-order valence-electron chi connectivity index (χ3n) is 2.69. The minimum Gasteiger partial charge on any atom is -0.383 e. The second kappa shape index (κ2) is 9.13. The Labute approximate surface area is 95.2 Å². The Hall–Kier alpha value is -0.120. The van der Waals surface area contributed by atoms with E-state index in [4.69, 9.17) is 4.74 Å². The van der Waals surface area contributed by atoms with Gasteiger partial charge in [-0.3, -0.25) is 4.90 Å². The predicted octanol–water partition coefficient (Wildman–Crippen LogP) is 1.73. The number of hydrogen-bond acceptors (Lipinski definition) is 3. The van der Waals surface area contributed by atoms with Crippen LogP contribution in [0.4, 0.5) is 0 Å². The molecule has 3 nitrogen and oxygen atoms in total. The van der Waals surface area contributed by atoms with Crippen molar-refractivity contribution in [1.29, 1.82) is 0 Å². The largest absolute Gasteiger partial charge is 0.383 e. The van der Waals surface area contributed by atoms with E-state index in [2.05, 4.69) is 37.9 Å². The lowest BCUT2D eigenvalue weighted by Crippen LogP contribution is -2.44. The first-order valence-corrected chi connectivity index (χ1v) is 6.12. The first-order chi connectivity index (χ1) is 7.15. The molecule has 0 fully saturated rings. The fraction of sp³-hybridized carbons (Fsp3) is 1.00. The highest BCUT2D eigenvalue weighted by Crippen LogP contribution is 2.01. The molecule has 0 rings (SSSR count). The third-order valence-corrected chi connectivity index (χ3v) is 2.69. The zero-order valence-corrected chi connectivity index (χ0v) is 11.0. The first-order valence-electron chi connectivity index (χ1n) is 6.12. The SMILES string of the molecule is CCCNC(C)CN(CC)C(C)COC. The molecule has 15 heavy (non-hydrogen) atoms. The zero-order chi connectivity index (χ0) is 11.7. The van der Waals surface area contributed by atoms with Crippen molar-refractivity contribution in [2.75, 3.05) is 33.4 Å². The van der Waals surface area contributed by atoms with Crippen LogP contribution in [0.15, 0.2) is 0 Å². The van der Waals surface area contributed by atoms with E-state index in [1.54, 1.807) is 7.11 Å². The van der Waals surface area contributed by atoms with Crippen molar-refractivity contribution < 1.29 is 4.74 Å². The number of nitrogens with zero attached hydrogens (tertiary/aromatic N) is 1. The van der Waals surface area contributed by atoms with Gasteiger partial charge in [0.2, 0.25) is 0 Å². The standard InChI is InChI=1S/C12H28N2O/c1-6-8-13-11(3)9-14(7-2)12(4)10-15-5/h11-13H,6-10H2,1-5H3. The van der Waals surface area contributed by atoms with Gasteiger partial charge in [-0.1, -0.05) is 13.8 Å². The van der Waals surface area contributed by atoms with Crippen molar-refractivity contribution in [3.05, 3.63) is 0 Å².